The van der Waals surface area contributed by atoms with Crippen LogP contribution in [0.5, 0.6) is 0 Å². The van der Waals surface area contributed by atoms with Gasteiger partial charge in [-0.25, -0.2) is 9.97 Å². The van der Waals surface area contributed by atoms with E-state index in [1.54, 1.807) is 23.9 Å². The van der Waals surface area contributed by atoms with Gasteiger partial charge in [-0.1, -0.05) is 0 Å². The van der Waals surface area contributed by atoms with Crippen LogP contribution in [-0.4, -0.2) is 9.97 Å². The summed E-state index contributed by atoms with van der Waals surface area (Å²) >= 11 is 5.06. The zero-order valence-corrected chi connectivity index (χ0v) is 9.68. The molecule has 0 unspecified atom stereocenters. The van der Waals surface area contributed by atoms with Crippen molar-refractivity contribution in [2.24, 2.45) is 5.73 Å². The smallest absolute Gasteiger partial charge is 0.116 e. The van der Waals surface area contributed by atoms with Crippen LogP contribution in [0.25, 0.3) is 10.6 Å². The Hall–Kier alpha value is -0.780. The standard InChI is InChI=1S/C9H8BrN3S/c10-8-2-1-7(14-8)9-6(3-11)4-12-5-13-9/h1-2,4-5H,3,11H2. The summed E-state index contributed by atoms with van der Waals surface area (Å²) in [5.74, 6) is 0. The van der Waals surface area contributed by atoms with Crippen molar-refractivity contribution < 1.29 is 0 Å². The van der Waals surface area contributed by atoms with Crippen molar-refractivity contribution in [1.82, 2.24) is 9.97 Å². The third-order valence-electron chi connectivity index (χ3n) is 1.81. The van der Waals surface area contributed by atoms with Gasteiger partial charge in [-0.3, -0.25) is 0 Å². The van der Waals surface area contributed by atoms with E-state index in [0.717, 1.165) is 19.9 Å². The fraction of sp³-hybridized carbons (Fsp3) is 0.111. The Morgan fingerprint density at radius 1 is 1.43 bits per heavy atom. The molecular formula is C9H8BrN3S. The van der Waals surface area contributed by atoms with Gasteiger partial charge in [-0.05, 0) is 28.1 Å². The second-order valence-corrected chi connectivity index (χ2v) is 5.17. The minimum atomic E-state index is 0.464. The predicted octanol–water partition coefficient (Wildman–Crippen LogP) is 2.43. The first-order chi connectivity index (χ1) is 6.81. The molecule has 0 spiro atoms. The molecule has 0 bridgehead atoms. The Labute approximate surface area is 94.1 Å². The highest BCUT2D eigenvalue weighted by Crippen LogP contribution is 2.31. The summed E-state index contributed by atoms with van der Waals surface area (Å²) in [5.41, 5.74) is 7.51. The van der Waals surface area contributed by atoms with Gasteiger partial charge in [-0.15, -0.1) is 11.3 Å². The van der Waals surface area contributed by atoms with Crippen LogP contribution in [0.15, 0.2) is 28.4 Å². The van der Waals surface area contributed by atoms with Gasteiger partial charge in [0.05, 0.1) is 14.4 Å². The molecule has 2 N–H and O–H groups in total. The molecule has 2 heterocycles. The van der Waals surface area contributed by atoms with Crippen LogP contribution in [0, 0.1) is 0 Å². The summed E-state index contributed by atoms with van der Waals surface area (Å²) in [4.78, 5) is 9.29. The van der Waals surface area contributed by atoms with Crippen LogP contribution in [0.4, 0.5) is 0 Å². The van der Waals surface area contributed by atoms with Crippen molar-refractivity contribution in [2.45, 2.75) is 6.54 Å². The van der Waals surface area contributed by atoms with Crippen LogP contribution in [0.1, 0.15) is 5.56 Å². The van der Waals surface area contributed by atoms with Gasteiger partial charge in [0.2, 0.25) is 0 Å². The second kappa shape index (κ2) is 4.16. The van der Waals surface area contributed by atoms with Gasteiger partial charge >= 0.3 is 0 Å². The second-order valence-electron chi connectivity index (χ2n) is 2.70. The molecule has 0 aromatic carbocycles. The van der Waals surface area contributed by atoms with Crippen molar-refractivity contribution >= 4 is 27.3 Å². The molecule has 0 atom stereocenters. The normalized spacial score (nSPS) is 10.4. The van der Waals surface area contributed by atoms with Crippen molar-refractivity contribution in [3.8, 4) is 10.6 Å². The summed E-state index contributed by atoms with van der Waals surface area (Å²) in [5, 5.41) is 0. The Balaban J connectivity index is 2.50. The molecule has 0 radical (unpaired) electrons. The molecule has 0 aliphatic carbocycles. The van der Waals surface area contributed by atoms with Crippen LogP contribution in [0.2, 0.25) is 0 Å². The van der Waals surface area contributed by atoms with Crippen LogP contribution < -0.4 is 5.73 Å². The number of aromatic nitrogens is 2. The van der Waals surface area contributed by atoms with E-state index in [2.05, 4.69) is 25.9 Å². The maximum absolute atomic E-state index is 5.61. The van der Waals surface area contributed by atoms with Gasteiger partial charge in [0, 0.05) is 18.3 Å². The van der Waals surface area contributed by atoms with Gasteiger partial charge in [0.15, 0.2) is 0 Å². The largest absolute Gasteiger partial charge is 0.326 e. The molecule has 0 aliphatic heterocycles. The van der Waals surface area contributed by atoms with E-state index in [-0.39, 0.29) is 0 Å². The van der Waals surface area contributed by atoms with E-state index in [4.69, 9.17) is 5.73 Å². The van der Waals surface area contributed by atoms with Crippen LogP contribution >= 0.6 is 27.3 Å². The number of halogens is 1. The number of hydrogen-bond acceptors (Lipinski definition) is 4. The lowest BCUT2D eigenvalue weighted by atomic mass is 10.2. The van der Waals surface area contributed by atoms with Crippen molar-refractivity contribution in [3.63, 3.8) is 0 Å². The number of thiophene rings is 1. The van der Waals surface area contributed by atoms with E-state index < -0.39 is 0 Å². The lowest BCUT2D eigenvalue weighted by Gasteiger charge is -2.01. The highest BCUT2D eigenvalue weighted by molar-refractivity contribution is 9.11. The molecule has 72 valence electrons. The zero-order chi connectivity index (χ0) is 9.97. The first kappa shape index (κ1) is 9.76. The molecule has 0 fully saturated rings. The van der Waals surface area contributed by atoms with E-state index in [9.17, 15) is 0 Å². The Morgan fingerprint density at radius 3 is 2.93 bits per heavy atom. The van der Waals surface area contributed by atoms with E-state index in [0.29, 0.717) is 6.54 Å². The van der Waals surface area contributed by atoms with Gasteiger partial charge in [0.25, 0.3) is 0 Å². The maximum atomic E-state index is 5.61. The Bertz CT molecular complexity index is 441. The van der Waals surface area contributed by atoms with Gasteiger partial charge in [0.1, 0.15) is 6.33 Å². The first-order valence-corrected chi connectivity index (χ1v) is 5.67. The summed E-state index contributed by atoms with van der Waals surface area (Å²) < 4.78 is 1.09. The quantitative estimate of drug-likeness (QED) is 0.911. The summed E-state index contributed by atoms with van der Waals surface area (Å²) in [6.45, 7) is 0.464. The van der Waals surface area contributed by atoms with E-state index in [1.165, 1.54) is 0 Å². The molecule has 5 heteroatoms. The lowest BCUT2D eigenvalue weighted by molar-refractivity contribution is 1.02. The highest BCUT2D eigenvalue weighted by atomic mass is 79.9. The fourth-order valence-corrected chi connectivity index (χ4v) is 2.59. The van der Waals surface area contributed by atoms with Crippen molar-refractivity contribution in [3.05, 3.63) is 34.0 Å². The third-order valence-corrected chi connectivity index (χ3v) is 3.44. The molecule has 2 aromatic rings. The average molecular weight is 270 g/mol. The first-order valence-electron chi connectivity index (χ1n) is 4.06. The number of nitrogens with zero attached hydrogens (tertiary/aromatic N) is 2. The Morgan fingerprint density at radius 2 is 2.29 bits per heavy atom. The lowest BCUT2D eigenvalue weighted by Crippen LogP contribution is -2.00. The van der Waals surface area contributed by atoms with Crippen LogP contribution in [-0.2, 0) is 6.54 Å². The average Bonchev–Trinajstić information content (AvgIpc) is 2.65. The van der Waals surface area contributed by atoms with Crippen molar-refractivity contribution in [1.29, 1.82) is 0 Å². The van der Waals surface area contributed by atoms with Gasteiger partial charge in [-0.2, -0.15) is 0 Å². The highest BCUT2D eigenvalue weighted by Gasteiger charge is 2.07. The molecule has 0 amide bonds. The van der Waals surface area contributed by atoms with E-state index in [1.807, 2.05) is 12.1 Å². The number of rotatable bonds is 2. The third kappa shape index (κ3) is 1.84. The van der Waals surface area contributed by atoms with Crippen LogP contribution in [0.3, 0.4) is 0 Å². The molecule has 0 saturated carbocycles. The fourth-order valence-electron chi connectivity index (χ4n) is 1.17. The predicted molar refractivity (Wildman–Crippen MR) is 60.9 cm³/mol. The summed E-state index contributed by atoms with van der Waals surface area (Å²) in [6, 6.07) is 4.03. The maximum Gasteiger partial charge on any atom is 0.116 e. The van der Waals surface area contributed by atoms with Crippen molar-refractivity contribution in [2.75, 3.05) is 0 Å². The topological polar surface area (TPSA) is 51.8 Å². The Kier molecular flexibility index (Phi) is 2.90. The molecule has 14 heavy (non-hydrogen) atoms. The molecule has 0 aliphatic rings. The SMILES string of the molecule is NCc1cncnc1-c1ccc(Br)s1. The molecule has 0 saturated heterocycles. The summed E-state index contributed by atoms with van der Waals surface area (Å²) in [6.07, 6.45) is 3.30. The number of hydrogen-bond donors (Lipinski definition) is 1. The minimum absolute atomic E-state index is 0.464. The van der Waals surface area contributed by atoms with Gasteiger partial charge < -0.3 is 5.73 Å². The molecule has 2 aromatic heterocycles. The monoisotopic (exact) mass is 269 g/mol. The molecular weight excluding hydrogens is 262 g/mol. The molecule has 3 nitrogen and oxygen atoms in total. The number of nitrogens with two attached hydrogens (primary N) is 1. The zero-order valence-electron chi connectivity index (χ0n) is 7.27. The minimum Gasteiger partial charge on any atom is -0.326 e. The molecule has 2 rings (SSSR count). The van der Waals surface area contributed by atoms with E-state index >= 15 is 0 Å². The summed E-state index contributed by atoms with van der Waals surface area (Å²) in [7, 11) is 0.